The van der Waals surface area contributed by atoms with Crippen LogP contribution in [0, 0.1) is 11.8 Å². The Morgan fingerprint density at radius 2 is 1.42 bits per heavy atom. The maximum absolute atomic E-state index is 12.9. The van der Waals surface area contributed by atoms with Crippen LogP contribution in [-0.4, -0.2) is 69.7 Å². The van der Waals surface area contributed by atoms with Gasteiger partial charge in [-0.1, -0.05) is 13.8 Å². The highest BCUT2D eigenvalue weighted by Crippen LogP contribution is 2.27. The molecule has 1 heterocycles. The van der Waals surface area contributed by atoms with Gasteiger partial charge in [0.1, 0.15) is 19.4 Å². The molecule has 7 heteroatoms. The van der Waals surface area contributed by atoms with E-state index in [9.17, 15) is 9.59 Å². The molecule has 1 rings (SSSR count). The first-order chi connectivity index (χ1) is 11.4. The fraction of sp³-hybridized carbons (Fsp3) is 0.882. The summed E-state index contributed by atoms with van der Waals surface area (Å²) < 4.78 is 20.7. The zero-order chi connectivity index (χ0) is 18.1. The lowest BCUT2D eigenvalue weighted by Crippen LogP contribution is -2.49. The Morgan fingerprint density at radius 3 is 1.79 bits per heavy atom. The number of methoxy groups -OCH3 is 2. The van der Waals surface area contributed by atoms with Crippen molar-refractivity contribution in [2.45, 2.75) is 45.7 Å². The number of nitrogens with zero attached hydrogens (tertiary/aromatic N) is 1. The molecule has 1 fully saturated rings. The van der Waals surface area contributed by atoms with Crippen LogP contribution in [0.5, 0.6) is 0 Å². The van der Waals surface area contributed by atoms with Gasteiger partial charge in [0.15, 0.2) is 0 Å². The van der Waals surface area contributed by atoms with Gasteiger partial charge in [-0.05, 0) is 19.8 Å². The number of hydrogen-bond donors (Lipinski definition) is 0. The van der Waals surface area contributed by atoms with E-state index in [4.69, 9.17) is 18.9 Å². The summed E-state index contributed by atoms with van der Waals surface area (Å²) in [6.07, 6.45) is 1.64. The molecule has 0 aromatic rings. The van der Waals surface area contributed by atoms with Crippen LogP contribution in [0.3, 0.4) is 0 Å². The maximum atomic E-state index is 12.9. The fourth-order valence-electron chi connectivity index (χ4n) is 3.03. The second kappa shape index (κ2) is 10.8. The first-order valence-corrected chi connectivity index (χ1v) is 8.43. The summed E-state index contributed by atoms with van der Waals surface area (Å²) >= 11 is 0. The molecule has 1 aliphatic heterocycles. The highest BCUT2D eigenvalue weighted by Gasteiger charge is 2.40. The largest absolute Gasteiger partial charge is 0.359 e. The maximum Gasteiger partial charge on any atom is 0.233 e. The van der Waals surface area contributed by atoms with E-state index in [1.165, 1.54) is 0 Å². The van der Waals surface area contributed by atoms with Crippen molar-refractivity contribution in [2.24, 2.45) is 11.8 Å². The zero-order valence-corrected chi connectivity index (χ0v) is 15.4. The molecule has 0 spiro atoms. The van der Waals surface area contributed by atoms with E-state index in [1.54, 1.807) is 26.0 Å². The van der Waals surface area contributed by atoms with E-state index in [-0.39, 0.29) is 43.3 Å². The van der Waals surface area contributed by atoms with E-state index in [0.717, 1.165) is 12.8 Å². The molecule has 7 nitrogen and oxygen atoms in total. The highest BCUT2D eigenvalue weighted by atomic mass is 16.7. The number of ether oxygens (including phenoxy) is 4. The Kier molecular flexibility index (Phi) is 9.43. The molecule has 0 radical (unpaired) electrons. The third-order valence-electron chi connectivity index (χ3n) is 4.26. The molecule has 1 saturated heterocycles. The van der Waals surface area contributed by atoms with Gasteiger partial charge in [0.2, 0.25) is 5.91 Å². The molecule has 0 aliphatic carbocycles. The van der Waals surface area contributed by atoms with Crippen LogP contribution in [0.4, 0.5) is 0 Å². The number of carbonyl (C=O) groups is 2. The van der Waals surface area contributed by atoms with Crippen LogP contribution in [-0.2, 0) is 28.5 Å². The Hall–Kier alpha value is -1.02. The predicted octanol–water partition coefficient (Wildman–Crippen LogP) is 1.45. The van der Waals surface area contributed by atoms with E-state index >= 15 is 0 Å². The first kappa shape index (κ1) is 21.0. The van der Waals surface area contributed by atoms with Crippen molar-refractivity contribution >= 4 is 11.7 Å². The van der Waals surface area contributed by atoms with Crippen LogP contribution >= 0.6 is 0 Å². The predicted molar refractivity (Wildman–Crippen MR) is 88.3 cm³/mol. The Bertz CT molecular complexity index is 383. The number of rotatable bonds is 11. The van der Waals surface area contributed by atoms with Crippen molar-refractivity contribution in [1.82, 2.24) is 4.90 Å². The minimum Gasteiger partial charge on any atom is -0.359 e. The quantitative estimate of drug-likeness (QED) is 0.321. The van der Waals surface area contributed by atoms with Gasteiger partial charge in [-0.25, -0.2) is 0 Å². The summed E-state index contributed by atoms with van der Waals surface area (Å²) in [6.45, 7) is 6.46. The Morgan fingerprint density at radius 1 is 0.958 bits per heavy atom. The number of carbonyl (C=O) groups excluding carboxylic acids is 2. The summed E-state index contributed by atoms with van der Waals surface area (Å²) in [5.41, 5.74) is 0. The van der Waals surface area contributed by atoms with Crippen LogP contribution in [0.1, 0.15) is 33.6 Å². The molecule has 1 aliphatic rings. The molecule has 0 unspecified atom stereocenters. The van der Waals surface area contributed by atoms with Gasteiger partial charge in [-0.3, -0.25) is 9.59 Å². The van der Waals surface area contributed by atoms with Crippen molar-refractivity contribution in [2.75, 3.05) is 41.0 Å². The summed E-state index contributed by atoms with van der Waals surface area (Å²) in [7, 11) is 3.12. The minimum atomic E-state index is -0.655. The molecule has 0 saturated carbocycles. The minimum absolute atomic E-state index is 0.0416. The molecule has 140 valence electrons. The molecule has 0 aromatic carbocycles. The lowest BCUT2D eigenvalue weighted by atomic mass is 9.95. The van der Waals surface area contributed by atoms with Gasteiger partial charge >= 0.3 is 0 Å². The standard InChI is InChI=1S/C17H31NO6/c1-12(2)16(19)13(3)17(20)18-14(8-23-10-21-4)6-7-15(18)9-24-11-22-5/h12-15H,6-11H2,1-5H3/t13-,14-,15-/m0/s1. The van der Waals surface area contributed by atoms with Crippen LogP contribution in [0.25, 0.3) is 0 Å². The van der Waals surface area contributed by atoms with Crippen molar-refractivity contribution in [3.63, 3.8) is 0 Å². The van der Waals surface area contributed by atoms with E-state index < -0.39 is 5.92 Å². The zero-order valence-electron chi connectivity index (χ0n) is 15.4. The van der Waals surface area contributed by atoms with E-state index in [1.807, 2.05) is 13.8 Å². The SMILES string of the molecule is COCOC[C@@H]1CC[C@@H](COCOC)N1C(=O)[C@@H](C)C(=O)C(C)C. The van der Waals surface area contributed by atoms with Gasteiger partial charge in [0.05, 0.1) is 31.2 Å². The molecule has 0 N–H and O–H groups in total. The van der Waals surface area contributed by atoms with Gasteiger partial charge in [-0.2, -0.15) is 0 Å². The second-order valence-corrected chi connectivity index (χ2v) is 6.46. The molecular formula is C17H31NO6. The summed E-state index contributed by atoms with van der Waals surface area (Å²) in [5.74, 6) is -1.01. The van der Waals surface area contributed by atoms with Crippen LogP contribution < -0.4 is 0 Å². The third kappa shape index (κ3) is 5.81. The normalized spacial score (nSPS) is 22.2. The molecule has 24 heavy (non-hydrogen) atoms. The summed E-state index contributed by atoms with van der Waals surface area (Å²) in [5, 5.41) is 0. The third-order valence-corrected chi connectivity index (χ3v) is 4.26. The van der Waals surface area contributed by atoms with Crippen LogP contribution in [0.2, 0.25) is 0 Å². The Balaban J connectivity index is 2.79. The first-order valence-electron chi connectivity index (χ1n) is 8.43. The van der Waals surface area contributed by atoms with Crippen molar-refractivity contribution in [3.05, 3.63) is 0 Å². The number of hydrogen-bond acceptors (Lipinski definition) is 6. The second-order valence-electron chi connectivity index (χ2n) is 6.46. The molecule has 0 aromatic heterocycles. The lowest BCUT2D eigenvalue weighted by Gasteiger charge is -2.32. The number of likely N-dealkylation sites (tertiary alicyclic amines) is 1. The monoisotopic (exact) mass is 345 g/mol. The summed E-state index contributed by atoms with van der Waals surface area (Å²) in [4.78, 5) is 26.9. The van der Waals surface area contributed by atoms with Gasteiger partial charge in [0, 0.05) is 20.1 Å². The molecule has 0 bridgehead atoms. The average Bonchev–Trinajstić information content (AvgIpc) is 2.96. The fourth-order valence-corrected chi connectivity index (χ4v) is 3.03. The number of ketones is 1. The van der Waals surface area contributed by atoms with Gasteiger partial charge in [0.25, 0.3) is 0 Å². The number of Topliss-reactive ketones (excluding diaryl/α,β-unsaturated/α-hetero) is 1. The lowest BCUT2D eigenvalue weighted by molar-refractivity contribution is -0.148. The van der Waals surface area contributed by atoms with Gasteiger partial charge in [-0.15, -0.1) is 0 Å². The van der Waals surface area contributed by atoms with Crippen molar-refractivity contribution in [1.29, 1.82) is 0 Å². The molecule has 1 amide bonds. The van der Waals surface area contributed by atoms with E-state index in [2.05, 4.69) is 0 Å². The molecule has 3 atom stereocenters. The van der Waals surface area contributed by atoms with Crippen molar-refractivity contribution in [3.8, 4) is 0 Å². The smallest absolute Gasteiger partial charge is 0.233 e. The average molecular weight is 345 g/mol. The van der Waals surface area contributed by atoms with Crippen molar-refractivity contribution < 1.29 is 28.5 Å². The summed E-state index contributed by atoms with van der Waals surface area (Å²) in [6, 6.07) is -0.127. The highest BCUT2D eigenvalue weighted by molar-refractivity contribution is 6.02. The topological polar surface area (TPSA) is 74.3 Å². The van der Waals surface area contributed by atoms with Gasteiger partial charge < -0.3 is 23.8 Å². The number of amides is 1. The van der Waals surface area contributed by atoms with E-state index in [0.29, 0.717) is 13.2 Å². The molecular weight excluding hydrogens is 314 g/mol. The Labute approximate surface area is 144 Å². The van der Waals surface area contributed by atoms with Crippen LogP contribution in [0.15, 0.2) is 0 Å².